The minimum absolute atomic E-state index is 0. The largest absolute Gasteiger partial charge is 2.00 e. The number of nitrogens with zero attached hydrogens (tertiary/aromatic N) is 1. The monoisotopic (exact) mass is 445 g/mol. The predicted octanol–water partition coefficient (Wildman–Crippen LogP) is 1.87. The van der Waals surface area contributed by atoms with Crippen LogP contribution in [-0.4, -0.2) is 30.7 Å². The van der Waals surface area contributed by atoms with Gasteiger partial charge in [0.25, 0.3) is 0 Å². The van der Waals surface area contributed by atoms with Crippen LogP contribution in [0.15, 0.2) is 0 Å². The Kier molecular flexibility index (Phi) is 52.5. The summed E-state index contributed by atoms with van der Waals surface area (Å²) >= 11 is 0. The Labute approximate surface area is 132 Å². The van der Waals surface area contributed by atoms with E-state index in [-0.39, 0.29) is 74.4 Å². The van der Waals surface area contributed by atoms with Crippen molar-refractivity contribution in [2.45, 2.75) is 27.7 Å². The van der Waals surface area contributed by atoms with Gasteiger partial charge < -0.3 is 58.5 Å². The van der Waals surface area contributed by atoms with Gasteiger partial charge in [0, 0.05) is 20.4 Å². The maximum atomic E-state index is 2.27. The summed E-state index contributed by atoms with van der Waals surface area (Å²) in [5.74, 6) is 0. The SMILES string of the molecule is CC[N+](CC)(CC)CC.[Re].[S-2].[S-2].[S-2].[S-2]. The molecule has 0 aliphatic rings. The average Bonchev–Trinajstić information content (AvgIpc) is 1.95. The molecule has 0 amide bonds. The van der Waals surface area contributed by atoms with E-state index in [1.165, 1.54) is 30.7 Å². The second kappa shape index (κ2) is 20.4. The molecule has 0 aliphatic carbocycles. The molecule has 0 unspecified atom stereocenters. The van der Waals surface area contributed by atoms with Gasteiger partial charge >= 0.3 is 0 Å². The van der Waals surface area contributed by atoms with Crippen molar-refractivity contribution >= 4 is 54.0 Å². The van der Waals surface area contributed by atoms with E-state index in [2.05, 4.69) is 27.7 Å². The van der Waals surface area contributed by atoms with Crippen LogP contribution >= 0.6 is 0 Å². The summed E-state index contributed by atoms with van der Waals surface area (Å²) in [6.45, 7) is 14.2. The summed E-state index contributed by atoms with van der Waals surface area (Å²) in [5, 5.41) is 0. The van der Waals surface area contributed by atoms with E-state index in [9.17, 15) is 0 Å². The Balaban J connectivity index is -0.0000000320. The summed E-state index contributed by atoms with van der Waals surface area (Å²) in [7, 11) is 0. The molecule has 14 heavy (non-hydrogen) atoms. The van der Waals surface area contributed by atoms with E-state index in [0.29, 0.717) is 0 Å². The number of hydrogen-bond acceptors (Lipinski definition) is 0. The van der Waals surface area contributed by atoms with Crippen LogP contribution in [0.2, 0.25) is 0 Å². The van der Waals surface area contributed by atoms with E-state index in [4.69, 9.17) is 0 Å². The predicted molar refractivity (Wildman–Crippen MR) is 71.9 cm³/mol. The van der Waals surface area contributed by atoms with Gasteiger partial charge in [0.1, 0.15) is 0 Å². The Bertz CT molecular complexity index is 64.2. The fourth-order valence-electron chi connectivity index (χ4n) is 1.34. The number of rotatable bonds is 4. The molecule has 1 radical (unpaired) electrons. The first-order valence-corrected chi connectivity index (χ1v) is 4.09. The molecule has 0 spiro atoms. The third-order valence-electron chi connectivity index (χ3n) is 2.68. The fraction of sp³-hybridized carbons (Fsp3) is 1.00. The maximum absolute atomic E-state index is 2.27. The first-order valence-electron chi connectivity index (χ1n) is 4.09. The van der Waals surface area contributed by atoms with Gasteiger partial charge in [0.05, 0.1) is 26.2 Å². The van der Waals surface area contributed by atoms with Gasteiger partial charge in [-0.25, -0.2) is 0 Å². The zero-order chi connectivity index (χ0) is 7.33. The molecule has 0 heterocycles. The molecule has 95 valence electrons. The quantitative estimate of drug-likeness (QED) is 0.581. The van der Waals surface area contributed by atoms with Crippen molar-refractivity contribution in [2.24, 2.45) is 0 Å². The van der Waals surface area contributed by atoms with Gasteiger partial charge in [0.2, 0.25) is 0 Å². The van der Waals surface area contributed by atoms with Crippen LogP contribution in [0.3, 0.4) is 0 Å². The fourth-order valence-corrected chi connectivity index (χ4v) is 1.34. The molecular formula is C8H20NReS4-7. The summed E-state index contributed by atoms with van der Waals surface area (Å²) in [4.78, 5) is 0. The standard InChI is InChI=1S/C8H20N.Re.4S/c1-5-9(6-2,7-3)8-4;;;;;/h5-8H2,1-4H3;;;;;/q+1;;4*-2. The summed E-state index contributed by atoms with van der Waals surface area (Å²) < 4.78 is 1.28. The Morgan fingerprint density at radius 3 is 0.714 bits per heavy atom. The molecule has 0 rings (SSSR count). The molecule has 0 atom stereocenters. The van der Waals surface area contributed by atoms with Crippen LogP contribution in [-0.2, 0) is 74.4 Å². The van der Waals surface area contributed by atoms with Crippen molar-refractivity contribution < 1.29 is 24.9 Å². The van der Waals surface area contributed by atoms with Crippen LogP contribution in [0.25, 0.3) is 0 Å². The molecule has 1 nitrogen and oxygen atoms in total. The van der Waals surface area contributed by atoms with Gasteiger partial charge in [-0.1, -0.05) is 0 Å². The molecular weight excluding hydrogens is 425 g/mol. The van der Waals surface area contributed by atoms with Crippen molar-refractivity contribution in [3.05, 3.63) is 0 Å². The maximum Gasteiger partial charge on any atom is 0.0757 e. The van der Waals surface area contributed by atoms with Gasteiger partial charge in [-0.3, -0.25) is 0 Å². The van der Waals surface area contributed by atoms with Crippen LogP contribution in [0.4, 0.5) is 0 Å². The van der Waals surface area contributed by atoms with E-state index in [0.717, 1.165) is 0 Å². The molecule has 0 aliphatic heterocycles. The minimum Gasteiger partial charge on any atom is -2.00 e. The van der Waals surface area contributed by atoms with Crippen LogP contribution < -0.4 is 0 Å². The first-order chi connectivity index (χ1) is 4.24. The third-order valence-corrected chi connectivity index (χ3v) is 2.68. The van der Waals surface area contributed by atoms with Crippen LogP contribution in [0.1, 0.15) is 27.7 Å². The molecule has 0 aromatic heterocycles. The molecule has 0 aromatic rings. The topological polar surface area (TPSA) is 0 Å². The number of hydrogen-bond donors (Lipinski definition) is 0. The Hall–Kier alpha value is 2.02. The molecule has 0 bridgehead atoms. The molecule has 0 fully saturated rings. The van der Waals surface area contributed by atoms with Crippen LogP contribution in [0, 0.1) is 0 Å². The van der Waals surface area contributed by atoms with E-state index in [1.807, 2.05) is 0 Å². The molecule has 6 heteroatoms. The average molecular weight is 445 g/mol. The van der Waals surface area contributed by atoms with Crippen molar-refractivity contribution in [2.75, 3.05) is 26.2 Å². The number of quaternary nitrogens is 1. The normalized spacial score (nSPS) is 7.71. The zero-order valence-electron chi connectivity index (χ0n) is 9.29. The van der Waals surface area contributed by atoms with Crippen molar-refractivity contribution in [1.29, 1.82) is 0 Å². The smallest absolute Gasteiger partial charge is 0.0757 e. The third kappa shape index (κ3) is 12.1. The first kappa shape index (κ1) is 36.0. The van der Waals surface area contributed by atoms with Crippen molar-refractivity contribution in [1.82, 2.24) is 0 Å². The summed E-state index contributed by atoms with van der Waals surface area (Å²) in [5.41, 5.74) is 0. The second-order valence-electron chi connectivity index (χ2n) is 2.61. The van der Waals surface area contributed by atoms with Gasteiger partial charge in [-0.05, 0) is 27.7 Å². The molecule has 0 aromatic carbocycles. The molecule has 0 saturated heterocycles. The molecule has 0 saturated carbocycles. The second-order valence-corrected chi connectivity index (χ2v) is 2.61. The van der Waals surface area contributed by atoms with E-state index in [1.54, 1.807) is 0 Å². The van der Waals surface area contributed by atoms with Gasteiger partial charge in [-0.2, -0.15) is 0 Å². The summed E-state index contributed by atoms with van der Waals surface area (Å²) in [6.07, 6.45) is 0. The van der Waals surface area contributed by atoms with Crippen molar-refractivity contribution in [3.8, 4) is 0 Å². The Morgan fingerprint density at radius 2 is 0.714 bits per heavy atom. The molecule has 0 N–H and O–H groups in total. The summed E-state index contributed by atoms with van der Waals surface area (Å²) in [6, 6.07) is 0. The van der Waals surface area contributed by atoms with Crippen LogP contribution in [0.5, 0.6) is 0 Å². The zero-order valence-corrected chi connectivity index (χ0v) is 15.3. The van der Waals surface area contributed by atoms with Gasteiger partial charge in [0.15, 0.2) is 0 Å². The van der Waals surface area contributed by atoms with E-state index >= 15 is 0 Å². The Morgan fingerprint density at radius 1 is 0.571 bits per heavy atom. The minimum atomic E-state index is 0. The van der Waals surface area contributed by atoms with Crippen molar-refractivity contribution in [3.63, 3.8) is 0 Å². The van der Waals surface area contributed by atoms with Gasteiger partial charge in [-0.15, -0.1) is 0 Å². The van der Waals surface area contributed by atoms with E-state index < -0.39 is 0 Å².